The number of nitrogens with zero attached hydrogens (tertiary/aromatic N) is 1. The summed E-state index contributed by atoms with van der Waals surface area (Å²) in [5.74, 6) is -0.368. The number of aliphatic hydroxyl groups is 2. The van der Waals surface area contributed by atoms with E-state index < -0.39 is 0 Å². The monoisotopic (exact) mass is 119 g/mol. The van der Waals surface area contributed by atoms with E-state index in [-0.39, 0.29) is 25.7 Å². The van der Waals surface area contributed by atoms with Crippen molar-refractivity contribution in [3.63, 3.8) is 0 Å². The Hall–Kier alpha value is -0.480. The van der Waals surface area contributed by atoms with Crippen LogP contribution in [0.4, 0.5) is 0 Å². The second-order valence-electron chi connectivity index (χ2n) is 1.54. The van der Waals surface area contributed by atoms with Crippen LogP contribution in [0.1, 0.15) is 0 Å². The number of nitroso groups, excluding NO2 is 1. The zero-order chi connectivity index (χ0) is 6.41. The maximum Gasteiger partial charge on any atom is 0.0883 e. The van der Waals surface area contributed by atoms with Gasteiger partial charge < -0.3 is 10.2 Å². The molecule has 2 N–H and O–H groups in total. The number of aliphatic hydroxyl groups excluding tert-OH is 2. The van der Waals surface area contributed by atoms with E-state index in [4.69, 9.17) is 10.2 Å². The highest BCUT2D eigenvalue weighted by atomic mass is 16.3. The molecule has 0 rings (SSSR count). The Morgan fingerprint density at radius 2 is 1.88 bits per heavy atom. The summed E-state index contributed by atoms with van der Waals surface area (Å²) in [4.78, 5) is 9.46. The van der Waals surface area contributed by atoms with Gasteiger partial charge >= 0.3 is 0 Å². The van der Waals surface area contributed by atoms with Gasteiger partial charge in [-0.2, -0.15) is 4.91 Å². The molecule has 0 aliphatic heterocycles. The van der Waals surface area contributed by atoms with E-state index in [1.54, 1.807) is 0 Å². The molecule has 0 aromatic rings. The minimum atomic E-state index is -0.368. The molecule has 4 heteroatoms. The highest BCUT2D eigenvalue weighted by Crippen LogP contribution is 1.91. The summed E-state index contributed by atoms with van der Waals surface area (Å²) in [6.45, 7) is -0.364. The third kappa shape index (κ3) is 2.65. The zero-order valence-corrected chi connectivity index (χ0v) is 4.45. The van der Waals surface area contributed by atoms with Gasteiger partial charge in [-0.15, -0.1) is 0 Å². The molecule has 0 aliphatic rings. The van der Waals surface area contributed by atoms with E-state index >= 15 is 0 Å². The minimum Gasteiger partial charge on any atom is -0.396 e. The minimum absolute atomic E-state index is 0.00694. The Labute approximate surface area is 47.1 Å². The molecule has 0 heterocycles. The lowest BCUT2D eigenvalue weighted by Crippen LogP contribution is -2.13. The number of hydrogen-bond donors (Lipinski definition) is 2. The molecule has 0 aliphatic carbocycles. The van der Waals surface area contributed by atoms with E-state index in [1.165, 1.54) is 0 Å². The first kappa shape index (κ1) is 7.52. The predicted molar refractivity (Wildman–Crippen MR) is 28.3 cm³/mol. The van der Waals surface area contributed by atoms with Crippen molar-refractivity contribution in [2.24, 2.45) is 11.1 Å². The summed E-state index contributed by atoms with van der Waals surface area (Å²) >= 11 is 0. The lowest BCUT2D eigenvalue weighted by molar-refractivity contribution is 0.155. The summed E-state index contributed by atoms with van der Waals surface area (Å²) in [5.41, 5.74) is 0. The van der Waals surface area contributed by atoms with Crippen molar-refractivity contribution in [3.05, 3.63) is 4.91 Å². The highest BCUT2D eigenvalue weighted by Gasteiger charge is 2.03. The van der Waals surface area contributed by atoms with E-state index in [2.05, 4.69) is 5.18 Å². The molecule has 0 radical (unpaired) electrons. The van der Waals surface area contributed by atoms with E-state index in [0.29, 0.717) is 0 Å². The van der Waals surface area contributed by atoms with Crippen molar-refractivity contribution in [1.29, 1.82) is 0 Å². The maximum absolute atomic E-state index is 9.46. The van der Waals surface area contributed by atoms with Crippen molar-refractivity contribution >= 4 is 0 Å². The maximum atomic E-state index is 9.46. The van der Waals surface area contributed by atoms with Gasteiger partial charge in [0.15, 0.2) is 0 Å². The zero-order valence-electron chi connectivity index (χ0n) is 4.45. The molecule has 8 heavy (non-hydrogen) atoms. The van der Waals surface area contributed by atoms with Gasteiger partial charge in [0, 0.05) is 19.1 Å². The standard InChI is InChI=1S/C4H9NO3/c6-2-4(3-7)1-5-8/h4,6-7H,1-3H2. The van der Waals surface area contributed by atoms with Crippen LogP contribution in [0.2, 0.25) is 0 Å². The third-order valence-electron chi connectivity index (χ3n) is 0.849. The Morgan fingerprint density at radius 1 is 1.38 bits per heavy atom. The van der Waals surface area contributed by atoms with Crippen LogP contribution >= 0.6 is 0 Å². The lowest BCUT2D eigenvalue weighted by Gasteiger charge is -2.01. The fraction of sp³-hybridized carbons (Fsp3) is 1.00. The van der Waals surface area contributed by atoms with E-state index in [9.17, 15) is 4.91 Å². The average Bonchev–Trinajstić information content (AvgIpc) is 1.83. The molecule has 0 aromatic carbocycles. The molecule has 0 saturated carbocycles. The molecule has 0 atom stereocenters. The Bertz CT molecular complexity index is 62.3. The molecule has 0 saturated heterocycles. The average molecular weight is 119 g/mol. The first-order valence-corrected chi connectivity index (χ1v) is 2.36. The predicted octanol–water partition coefficient (Wildman–Crippen LogP) is -0.646. The summed E-state index contributed by atoms with van der Waals surface area (Å²) in [7, 11) is 0. The van der Waals surface area contributed by atoms with Gasteiger partial charge in [-0.3, -0.25) is 0 Å². The quantitative estimate of drug-likeness (QED) is 0.483. The Balaban J connectivity index is 3.20. The van der Waals surface area contributed by atoms with Crippen molar-refractivity contribution in [2.45, 2.75) is 0 Å². The first-order chi connectivity index (χ1) is 3.85. The van der Waals surface area contributed by atoms with Gasteiger partial charge in [-0.25, -0.2) is 0 Å². The van der Waals surface area contributed by atoms with Crippen molar-refractivity contribution in [3.8, 4) is 0 Å². The second kappa shape index (κ2) is 4.67. The largest absolute Gasteiger partial charge is 0.396 e. The molecule has 0 spiro atoms. The van der Waals surface area contributed by atoms with Crippen LogP contribution in [0.5, 0.6) is 0 Å². The van der Waals surface area contributed by atoms with Crippen LogP contribution in [-0.4, -0.2) is 30.0 Å². The topological polar surface area (TPSA) is 69.9 Å². The number of rotatable bonds is 4. The summed E-state index contributed by atoms with van der Waals surface area (Å²) < 4.78 is 0. The summed E-state index contributed by atoms with van der Waals surface area (Å²) in [5, 5.41) is 19.1. The van der Waals surface area contributed by atoms with Crippen molar-refractivity contribution in [2.75, 3.05) is 19.8 Å². The van der Waals surface area contributed by atoms with Gasteiger partial charge in [0.1, 0.15) is 0 Å². The van der Waals surface area contributed by atoms with Crippen LogP contribution in [0.15, 0.2) is 5.18 Å². The smallest absolute Gasteiger partial charge is 0.0883 e. The Morgan fingerprint density at radius 3 is 2.00 bits per heavy atom. The molecular formula is C4H9NO3. The normalized spacial score (nSPS) is 9.88. The molecule has 0 fully saturated rings. The van der Waals surface area contributed by atoms with Crippen LogP contribution in [0.25, 0.3) is 0 Å². The molecule has 0 unspecified atom stereocenters. The Kier molecular flexibility index (Phi) is 4.39. The summed E-state index contributed by atoms with van der Waals surface area (Å²) in [6.07, 6.45) is 0. The first-order valence-electron chi connectivity index (χ1n) is 2.36. The molecule has 0 amide bonds. The van der Waals surface area contributed by atoms with Crippen LogP contribution < -0.4 is 0 Å². The lowest BCUT2D eigenvalue weighted by atomic mass is 10.2. The van der Waals surface area contributed by atoms with Crippen LogP contribution in [0.3, 0.4) is 0 Å². The van der Waals surface area contributed by atoms with Crippen LogP contribution in [0, 0.1) is 10.8 Å². The van der Waals surface area contributed by atoms with Crippen molar-refractivity contribution in [1.82, 2.24) is 0 Å². The molecule has 4 nitrogen and oxygen atoms in total. The highest BCUT2D eigenvalue weighted by molar-refractivity contribution is 4.56. The fourth-order valence-electron chi connectivity index (χ4n) is 0.279. The van der Waals surface area contributed by atoms with Crippen molar-refractivity contribution < 1.29 is 10.2 Å². The van der Waals surface area contributed by atoms with Gasteiger partial charge in [0.2, 0.25) is 0 Å². The molecule has 48 valence electrons. The van der Waals surface area contributed by atoms with Gasteiger partial charge in [-0.05, 0) is 0 Å². The SMILES string of the molecule is O=NCC(CO)CO. The molecular weight excluding hydrogens is 110 g/mol. The summed E-state index contributed by atoms with van der Waals surface area (Å²) in [6, 6.07) is 0. The second-order valence-corrected chi connectivity index (χ2v) is 1.54. The molecule has 0 bridgehead atoms. The molecule has 0 aromatic heterocycles. The van der Waals surface area contributed by atoms with Gasteiger partial charge in [-0.1, -0.05) is 5.18 Å². The number of hydrogen-bond acceptors (Lipinski definition) is 4. The third-order valence-corrected chi connectivity index (χ3v) is 0.849. The van der Waals surface area contributed by atoms with Gasteiger partial charge in [0.05, 0.1) is 6.54 Å². The van der Waals surface area contributed by atoms with Gasteiger partial charge in [0.25, 0.3) is 0 Å². The van der Waals surface area contributed by atoms with Crippen LogP contribution in [-0.2, 0) is 0 Å². The van der Waals surface area contributed by atoms with E-state index in [0.717, 1.165) is 0 Å². The fourth-order valence-corrected chi connectivity index (χ4v) is 0.279. The van der Waals surface area contributed by atoms with E-state index in [1.807, 2.05) is 0 Å².